The van der Waals surface area contributed by atoms with Crippen LogP contribution in [0, 0.1) is 6.92 Å². The number of morpholine rings is 1. The molecule has 3 heterocycles. The van der Waals surface area contributed by atoms with Gasteiger partial charge in [0.2, 0.25) is 0 Å². The number of guanidine groups is 1. The van der Waals surface area contributed by atoms with Crippen molar-refractivity contribution < 1.29 is 9.15 Å². The fourth-order valence-electron chi connectivity index (χ4n) is 3.22. The van der Waals surface area contributed by atoms with Gasteiger partial charge in [-0.3, -0.25) is 9.89 Å². The molecule has 1 aliphatic rings. The van der Waals surface area contributed by atoms with Crippen LogP contribution in [0.2, 0.25) is 0 Å². The Bertz CT molecular complexity index is 734. The van der Waals surface area contributed by atoms with E-state index in [9.17, 15) is 0 Å². The molecule has 6 nitrogen and oxygen atoms in total. The zero-order valence-electron chi connectivity index (χ0n) is 16.5. The molecule has 7 heteroatoms. The first-order valence-corrected chi connectivity index (χ1v) is 10.4. The lowest BCUT2D eigenvalue weighted by Crippen LogP contribution is -2.46. The van der Waals surface area contributed by atoms with Crippen molar-refractivity contribution in [1.82, 2.24) is 15.5 Å². The summed E-state index contributed by atoms with van der Waals surface area (Å²) in [6.45, 7) is 9.04. The largest absolute Gasteiger partial charge is 0.465 e. The lowest BCUT2D eigenvalue weighted by Gasteiger charge is -2.33. The highest BCUT2D eigenvalue weighted by atomic mass is 32.1. The summed E-state index contributed by atoms with van der Waals surface area (Å²) in [6, 6.07) is 8.65. The molecule has 148 valence electrons. The van der Waals surface area contributed by atoms with Crippen molar-refractivity contribution in [3.05, 3.63) is 45.5 Å². The molecule has 0 aromatic carbocycles. The molecule has 1 fully saturated rings. The molecule has 1 unspecified atom stereocenters. The van der Waals surface area contributed by atoms with E-state index in [1.165, 1.54) is 9.75 Å². The van der Waals surface area contributed by atoms with Crippen molar-refractivity contribution in [1.29, 1.82) is 0 Å². The van der Waals surface area contributed by atoms with Crippen molar-refractivity contribution in [3.8, 4) is 0 Å². The molecular weight excluding hydrogens is 360 g/mol. The van der Waals surface area contributed by atoms with Gasteiger partial charge in [-0.2, -0.15) is 0 Å². The third kappa shape index (κ3) is 5.57. The molecule has 1 saturated heterocycles. The first-order valence-electron chi connectivity index (χ1n) is 9.59. The minimum absolute atomic E-state index is 0.162. The van der Waals surface area contributed by atoms with Gasteiger partial charge in [0, 0.05) is 36.4 Å². The number of aryl methyl sites for hydroxylation is 2. The first kappa shape index (κ1) is 19.9. The molecule has 0 radical (unpaired) electrons. The first-order chi connectivity index (χ1) is 13.2. The molecular formula is C20H30N4O2S. The molecule has 2 N–H and O–H groups in total. The minimum atomic E-state index is 0.162. The van der Waals surface area contributed by atoms with Crippen LogP contribution < -0.4 is 10.6 Å². The number of nitrogens with one attached hydrogen (secondary N) is 2. The third-order valence-corrected chi connectivity index (χ3v) is 5.99. The fraction of sp³-hybridized carbons (Fsp3) is 0.550. The Labute approximate surface area is 165 Å². The second kappa shape index (κ2) is 9.92. The van der Waals surface area contributed by atoms with Crippen LogP contribution in [0.15, 0.2) is 33.7 Å². The molecule has 0 bridgehead atoms. The second-order valence-electron chi connectivity index (χ2n) is 6.64. The molecule has 3 rings (SSSR count). The Hall–Kier alpha value is -1.83. The summed E-state index contributed by atoms with van der Waals surface area (Å²) in [7, 11) is 1.81. The van der Waals surface area contributed by atoms with Crippen LogP contribution in [-0.2, 0) is 17.7 Å². The van der Waals surface area contributed by atoms with Crippen LogP contribution in [0.1, 0.15) is 34.2 Å². The maximum atomic E-state index is 5.93. The predicted octanol–water partition coefficient (Wildman–Crippen LogP) is 2.95. The fourth-order valence-corrected chi connectivity index (χ4v) is 4.12. The lowest BCUT2D eigenvalue weighted by molar-refractivity contribution is 0.0124. The summed E-state index contributed by atoms with van der Waals surface area (Å²) >= 11 is 1.85. The van der Waals surface area contributed by atoms with Crippen LogP contribution in [-0.4, -0.2) is 50.8 Å². The number of hydrogen-bond donors (Lipinski definition) is 2. The zero-order chi connectivity index (χ0) is 19.1. The van der Waals surface area contributed by atoms with E-state index in [0.29, 0.717) is 0 Å². The summed E-state index contributed by atoms with van der Waals surface area (Å²) in [5.74, 6) is 2.74. The number of furan rings is 1. The molecule has 0 aliphatic carbocycles. The van der Waals surface area contributed by atoms with Crippen molar-refractivity contribution in [2.24, 2.45) is 4.99 Å². The van der Waals surface area contributed by atoms with Crippen LogP contribution in [0.5, 0.6) is 0 Å². The monoisotopic (exact) mass is 390 g/mol. The number of nitrogens with zero attached hydrogens (tertiary/aromatic N) is 2. The number of thiophene rings is 1. The van der Waals surface area contributed by atoms with Gasteiger partial charge in [-0.25, -0.2) is 0 Å². The van der Waals surface area contributed by atoms with Crippen LogP contribution in [0.3, 0.4) is 0 Å². The zero-order valence-corrected chi connectivity index (χ0v) is 17.3. The topological polar surface area (TPSA) is 62.0 Å². The van der Waals surface area contributed by atoms with E-state index in [-0.39, 0.29) is 6.04 Å². The summed E-state index contributed by atoms with van der Waals surface area (Å²) in [5, 5.41) is 6.88. The highest BCUT2D eigenvalue weighted by Crippen LogP contribution is 2.23. The Balaban J connectivity index is 1.58. The highest BCUT2D eigenvalue weighted by molar-refractivity contribution is 7.11. The maximum Gasteiger partial charge on any atom is 0.191 e. The number of aliphatic imine (C=N–C) groups is 1. The van der Waals surface area contributed by atoms with Gasteiger partial charge >= 0.3 is 0 Å². The van der Waals surface area contributed by atoms with E-state index >= 15 is 0 Å². The molecule has 2 aromatic heterocycles. The number of ether oxygens (including phenoxy) is 1. The van der Waals surface area contributed by atoms with Gasteiger partial charge in [0.25, 0.3) is 0 Å². The van der Waals surface area contributed by atoms with Crippen LogP contribution in [0.25, 0.3) is 0 Å². The van der Waals surface area contributed by atoms with Crippen molar-refractivity contribution in [2.75, 3.05) is 39.9 Å². The van der Waals surface area contributed by atoms with Gasteiger partial charge in [0.15, 0.2) is 5.96 Å². The van der Waals surface area contributed by atoms with E-state index in [0.717, 1.165) is 63.3 Å². The maximum absolute atomic E-state index is 5.93. The van der Waals surface area contributed by atoms with Gasteiger partial charge in [0.1, 0.15) is 11.5 Å². The van der Waals surface area contributed by atoms with Crippen molar-refractivity contribution >= 4 is 17.3 Å². The smallest absolute Gasteiger partial charge is 0.191 e. The predicted molar refractivity (Wildman–Crippen MR) is 110 cm³/mol. The Kier molecular flexibility index (Phi) is 7.32. The van der Waals surface area contributed by atoms with Crippen molar-refractivity contribution in [3.63, 3.8) is 0 Å². The van der Waals surface area contributed by atoms with Crippen LogP contribution in [0.4, 0.5) is 0 Å². The van der Waals surface area contributed by atoms with Gasteiger partial charge in [0.05, 0.1) is 25.8 Å². The number of hydrogen-bond acceptors (Lipinski definition) is 5. The lowest BCUT2D eigenvalue weighted by atomic mass is 10.1. The summed E-state index contributed by atoms with van der Waals surface area (Å²) in [6.07, 6.45) is 1.08. The van der Waals surface area contributed by atoms with E-state index in [2.05, 4.69) is 45.6 Å². The van der Waals surface area contributed by atoms with Gasteiger partial charge < -0.3 is 19.8 Å². The molecule has 0 amide bonds. The van der Waals surface area contributed by atoms with E-state index in [4.69, 9.17) is 9.15 Å². The molecule has 2 aromatic rings. The van der Waals surface area contributed by atoms with Crippen LogP contribution >= 0.6 is 11.3 Å². The quantitative estimate of drug-likeness (QED) is 0.562. The average Bonchev–Trinajstić information content (AvgIpc) is 3.34. The van der Waals surface area contributed by atoms with Crippen molar-refractivity contribution in [2.45, 2.75) is 32.9 Å². The summed E-state index contributed by atoms with van der Waals surface area (Å²) in [5.41, 5.74) is 0. The summed E-state index contributed by atoms with van der Waals surface area (Å²) in [4.78, 5) is 9.52. The van der Waals surface area contributed by atoms with Gasteiger partial charge in [-0.15, -0.1) is 11.3 Å². The Morgan fingerprint density at radius 1 is 1.19 bits per heavy atom. The SMILES string of the molecule is CCc1ccc(CNC(=NC)NCC(c2ccc(C)o2)N2CCOCC2)s1. The Morgan fingerprint density at radius 3 is 2.59 bits per heavy atom. The van der Waals surface area contributed by atoms with E-state index in [1.807, 2.05) is 31.4 Å². The van der Waals surface area contributed by atoms with Gasteiger partial charge in [-0.05, 0) is 37.6 Å². The average molecular weight is 391 g/mol. The van der Waals surface area contributed by atoms with Gasteiger partial charge in [-0.1, -0.05) is 6.92 Å². The van der Waals surface area contributed by atoms with E-state index in [1.54, 1.807) is 0 Å². The molecule has 1 atom stereocenters. The minimum Gasteiger partial charge on any atom is -0.465 e. The molecule has 27 heavy (non-hydrogen) atoms. The van der Waals surface area contributed by atoms with E-state index < -0.39 is 0 Å². The molecule has 0 saturated carbocycles. The molecule has 1 aliphatic heterocycles. The highest BCUT2D eigenvalue weighted by Gasteiger charge is 2.25. The Morgan fingerprint density at radius 2 is 1.96 bits per heavy atom. The normalized spacial score (nSPS) is 17.1. The third-order valence-electron chi connectivity index (χ3n) is 4.76. The number of rotatable bonds is 7. The standard InChI is InChI=1S/C20H30N4O2S/c1-4-16-6-7-17(27-16)13-22-20(21-3)23-14-18(19-8-5-15(2)26-19)24-9-11-25-12-10-24/h5-8,18H,4,9-14H2,1-3H3,(H2,21,22,23). The second-order valence-corrected chi connectivity index (χ2v) is 7.89. The summed E-state index contributed by atoms with van der Waals surface area (Å²) < 4.78 is 11.4. The molecule has 0 spiro atoms.